The highest BCUT2D eigenvalue weighted by atomic mass is 31.0. The summed E-state index contributed by atoms with van der Waals surface area (Å²) >= 11 is 0. The minimum atomic E-state index is -0.683. The first-order valence-corrected chi connectivity index (χ1v) is 5.47. The molecule has 0 saturated carbocycles. The predicted octanol–water partition coefficient (Wildman–Crippen LogP) is 1.89. The van der Waals surface area contributed by atoms with Gasteiger partial charge in [0, 0.05) is 6.54 Å². The van der Waals surface area contributed by atoms with Crippen molar-refractivity contribution in [3.63, 3.8) is 0 Å². The highest BCUT2D eigenvalue weighted by Gasteiger charge is 2.22. The maximum absolute atomic E-state index is 10.9. The van der Waals surface area contributed by atoms with Crippen LogP contribution in [0, 0.1) is 0 Å². The van der Waals surface area contributed by atoms with Crippen LogP contribution in [0.3, 0.4) is 0 Å². The fourth-order valence-corrected chi connectivity index (χ4v) is 2.21. The number of carboxylic acid groups (broad SMARTS) is 1. The molecule has 0 bridgehead atoms. The summed E-state index contributed by atoms with van der Waals surface area (Å²) in [6.07, 6.45) is 6.62. The van der Waals surface area contributed by atoms with Crippen molar-refractivity contribution in [3.05, 3.63) is 0 Å². The first-order valence-electron chi connectivity index (χ1n) is 4.96. The van der Waals surface area contributed by atoms with Crippen LogP contribution in [0.15, 0.2) is 0 Å². The molecule has 0 aliphatic carbocycles. The van der Waals surface area contributed by atoms with E-state index in [0.717, 1.165) is 25.8 Å². The van der Waals surface area contributed by atoms with E-state index in [-0.39, 0.29) is 6.04 Å². The van der Waals surface area contributed by atoms with E-state index in [4.69, 9.17) is 5.11 Å². The Morgan fingerprint density at radius 1 is 1.23 bits per heavy atom. The molecule has 1 heterocycles. The quantitative estimate of drug-likeness (QED) is 0.661. The van der Waals surface area contributed by atoms with Gasteiger partial charge in [0.2, 0.25) is 0 Å². The van der Waals surface area contributed by atoms with Crippen molar-refractivity contribution in [2.45, 2.75) is 44.6 Å². The summed E-state index contributed by atoms with van der Waals surface area (Å²) in [7, 11) is 2.55. The molecule has 76 valence electrons. The highest BCUT2D eigenvalue weighted by Crippen LogP contribution is 2.19. The third kappa shape index (κ3) is 3.61. The molecule has 1 aliphatic heterocycles. The Balaban J connectivity index is 2.50. The Morgan fingerprint density at radius 2 is 1.85 bits per heavy atom. The molecule has 1 rings (SSSR count). The Kier molecular flexibility index (Phi) is 4.68. The SMILES string of the molecule is O=C(O)C1CCCCCCCN1P. The number of hydrogen-bond donors (Lipinski definition) is 1. The second kappa shape index (κ2) is 5.56. The van der Waals surface area contributed by atoms with Gasteiger partial charge in [0.1, 0.15) is 6.04 Å². The molecule has 3 nitrogen and oxygen atoms in total. The van der Waals surface area contributed by atoms with Crippen LogP contribution in [0.25, 0.3) is 0 Å². The molecule has 0 radical (unpaired) electrons. The average Bonchev–Trinajstić information content (AvgIpc) is 2.16. The third-order valence-electron chi connectivity index (χ3n) is 2.58. The van der Waals surface area contributed by atoms with Gasteiger partial charge in [-0.2, -0.15) is 0 Å². The van der Waals surface area contributed by atoms with Gasteiger partial charge in [-0.15, -0.1) is 0 Å². The number of carbonyl (C=O) groups is 1. The molecule has 0 aromatic heterocycles. The summed E-state index contributed by atoms with van der Waals surface area (Å²) in [5, 5.41) is 8.96. The summed E-state index contributed by atoms with van der Waals surface area (Å²) in [6.45, 7) is 0.891. The topological polar surface area (TPSA) is 40.5 Å². The van der Waals surface area contributed by atoms with Crippen molar-refractivity contribution in [2.75, 3.05) is 6.54 Å². The molecular weight excluding hydrogens is 185 g/mol. The van der Waals surface area contributed by atoms with Gasteiger partial charge in [0.15, 0.2) is 0 Å². The summed E-state index contributed by atoms with van der Waals surface area (Å²) in [6, 6.07) is -0.289. The van der Waals surface area contributed by atoms with Gasteiger partial charge in [0.05, 0.1) is 0 Å². The Bertz CT molecular complexity index is 175. The second-order valence-electron chi connectivity index (χ2n) is 3.65. The normalized spacial score (nSPS) is 27.3. The van der Waals surface area contributed by atoms with Crippen LogP contribution in [0.1, 0.15) is 38.5 Å². The van der Waals surface area contributed by atoms with E-state index in [1.807, 2.05) is 4.67 Å². The van der Waals surface area contributed by atoms with E-state index in [2.05, 4.69) is 9.39 Å². The zero-order chi connectivity index (χ0) is 9.68. The van der Waals surface area contributed by atoms with Gasteiger partial charge < -0.3 is 5.11 Å². The number of rotatable bonds is 1. The van der Waals surface area contributed by atoms with Gasteiger partial charge in [0.25, 0.3) is 0 Å². The van der Waals surface area contributed by atoms with E-state index in [1.54, 1.807) is 0 Å². The molecule has 2 atom stereocenters. The Hall–Kier alpha value is -0.140. The summed E-state index contributed by atoms with van der Waals surface area (Å²) in [5.41, 5.74) is 0. The third-order valence-corrected chi connectivity index (χ3v) is 3.20. The first-order chi connectivity index (χ1) is 6.22. The highest BCUT2D eigenvalue weighted by molar-refractivity contribution is 7.13. The van der Waals surface area contributed by atoms with Crippen LogP contribution in [0.5, 0.6) is 0 Å². The lowest BCUT2D eigenvalue weighted by molar-refractivity contribution is -0.141. The molecule has 0 aromatic rings. The molecule has 1 fully saturated rings. The molecule has 0 amide bonds. The summed E-state index contributed by atoms with van der Waals surface area (Å²) in [5.74, 6) is -0.683. The minimum Gasteiger partial charge on any atom is -0.480 e. The molecule has 2 unspecified atom stereocenters. The van der Waals surface area contributed by atoms with Crippen molar-refractivity contribution in [2.24, 2.45) is 0 Å². The van der Waals surface area contributed by atoms with Gasteiger partial charge in [-0.1, -0.05) is 35.1 Å². The number of carboxylic acids is 1. The van der Waals surface area contributed by atoms with E-state index in [0.29, 0.717) is 0 Å². The zero-order valence-electron chi connectivity index (χ0n) is 7.91. The van der Waals surface area contributed by atoms with Gasteiger partial charge in [-0.05, 0) is 12.8 Å². The molecule has 1 aliphatic rings. The van der Waals surface area contributed by atoms with E-state index >= 15 is 0 Å². The van der Waals surface area contributed by atoms with Gasteiger partial charge in [-0.25, -0.2) is 0 Å². The second-order valence-corrected chi connectivity index (χ2v) is 4.31. The van der Waals surface area contributed by atoms with E-state index < -0.39 is 5.97 Å². The first kappa shape index (κ1) is 10.9. The lowest BCUT2D eigenvalue weighted by Crippen LogP contribution is -2.34. The van der Waals surface area contributed by atoms with Crippen molar-refractivity contribution >= 4 is 15.4 Å². The molecule has 4 heteroatoms. The van der Waals surface area contributed by atoms with Gasteiger partial charge in [-0.3, -0.25) is 9.46 Å². The molecule has 1 N–H and O–H groups in total. The van der Waals surface area contributed by atoms with Crippen LogP contribution in [-0.4, -0.2) is 28.3 Å². The lowest BCUT2D eigenvalue weighted by Gasteiger charge is -2.22. The van der Waals surface area contributed by atoms with Crippen LogP contribution < -0.4 is 0 Å². The largest absolute Gasteiger partial charge is 0.480 e. The molecule has 1 saturated heterocycles. The fourth-order valence-electron chi connectivity index (χ4n) is 1.75. The molecule has 0 aromatic carbocycles. The molecule has 13 heavy (non-hydrogen) atoms. The summed E-state index contributed by atoms with van der Waals surface area (Å²) < 4.78 is 1.90. The minimum absolute atomic E-state index is 0.289. The fraction of sp³-hybridized carbons (Fsp3) is 0.889. The maximum Gasteiger partial charge on any atom is 0.321 e. The zero-order valence-corrected chi connectivity index (χ0v) is 9.06. The van der Waals surface area contributed by atoms with Crippen LogP contribution in [-0.2, 0) is 4.79 Å². The lowest BCUT2D eigenvalue weighted by atomic mass is 10.1. The number of hydrogen-bond acceptors (Lipinski definition) is 2. The average molecular weight is 203 g/mol. The Labute approximate surface area is 81.8 Å². The monoisotopic (exact) mass is 203 g/mol. The van der Waals surface area contributed by atoms with Crippen molar-refractivity contribution in [3.8, 4) is 0 Å². The summed E-state index contributed by atoms with van der Waals surface area (Å²) in [4.78, 5) is 10.9. The van der Waals surface area contributed by atoms with E-state index in [1.165, 1.54) is 19.3 Å². The Morgan fingerprint density at radius 3 is 2.54 bits per heavy atom. The standard InChI is InChI=1S/C9H18NO2P/c11-9(12)8-6-4-2-1-3-5-7-10(8)13/h8H,1-7,13H2,(H,11,12). The number of aliphatic carboxylic acids is 1. The van der Waals surface area contributed by atoms with Crippen molar-refractivity contribution in [1.29, 1.82) is 0 Å². The maximum atomic E-state index is 10.9. The molecular formula is C9H18NO2P. The van der Waals surface area contributed by atoms with Gasteiger partial charge >= 0.3 is 5.97 Å². The van der Waals surface area contributed by atoms with Crippen LogP contribution in [0.4, 0.5) is 0 Å². The van der Waals surface area contributed by atoms with Crippen molar-refractivity contribution < 1.29 is 9.90 Å². The predicted molar refractivity (Wildman–Crippen MR) is 55.5 cm³/mol. The van der Waals surface area contributed by atoms with Crippen LogP contribution >= 0.6 is 9.39 Å². The van der Waals surface area contributed by atoms with Crippen LogP contribution in [0.2, 0.25) is 0 Å². The molecule has 0 spiro atoms. The smallest absolute Gasteiger partial charge is 0.321 e. The van der Waals surface area contributed by atoms with E-state index in [9.17, 15) is 4.79 Å². The number of nitrogens with zero attached hydrogens (tertiary/aromatic N) is 1. The van der Waals surface area contributed by atoms with Crippen molar-refractivity contribution in [1.82, 2.24) is 4.67 Å².